The van der Waals surface area contributed by atoms with Crippen LogP contribution < -0.4 is 0 Å². The van der Waals surface area contributed by atoms with Crippen LogP contribution in [0.5, 0.6) is 0 Å². The zero-order valence-electron chi connectivity index (χ0n) is 9.04. The van der Waals surface area contributed by atoms with Crippen molar-refractivity contribution in [3.05, 3.63) is 30.1 Å². The summed E-state index contributed by atoms with van der Waals surface area (Å²) in [5.41, 5.74) is 0.879. The van der Waals surface area contributed by atoms with E-state index in [-0.39, 0.29) is 0 Å². The largest absolute Gasteiger partial charge is 0.480 e. The maximum absolute atomic E-state index is 11.1. The average Bonchev–Trinajstić information content (AvgIpc) is 2.56. The van der Waals surface area contributed by atoms with Crippen LogP contribution in [0, 0.1) is 0 Å². The second kappa shape index (κ2) is 3.90. The van der Waals surface area contributed by atoms with Crippen LogP contribution in [0.1, 0.15) is 19.4 Å². The molecule has 1 aromatic heterocycles. The first kappa shape index (κ1) is 11.1. The van der Waals surface area contributed by atoms with E-state index in [0.29, 0.717) is 0 Å². The molecule has 5 heteroatoms. The smallest absolute Gasteiger partial charge is 0.329 e. The van der Waals surface area contributed by atoms with Gasteiger partial charge < -0.3 is 5.11 Å². The molecule has 1 aliphatic rings. The molecule has 0 unspecified atom stereocenters. The van der Waals surface area contributed by atoms with Crippen molar-refractivity contribution in [2.24, 2.45) is 4.99 Å². The number of aliphatic carboxylic acids is 1. The van der Waals surface area contributed by atoms with Gasteiger partial charge in [-0.25, -0.2) is 4.79 Å². The molecule has 2 heterocycles. The van der Waals surface area contributed by atoms with Crippen LogP contribution in [0.25, 0.3) is 0 Å². The fourth-order valence-electron chi connectivity index (χ4n) is 1.58. The van der Waals surface area contributed by atoms with E-state index in [2.05, 4.69) is 9.98 Å². The summed E-state index contributed by atoms with van der Waals surface area (Å²) in [5.74, 6) is -0.878. The lowest BCUT2D eigenvalue weighted by atomic mass is 10.0. The number of rotatable bonds is 2. The molecule has 0 aromatic carbocycles. The Bertz CT molecular complexity index is 443. The minimum absolute atomic E-state index is 0.406. The Morgan fingerprint density at radius 3 is 2.81 bits per heavy atom. The van der Waals surface area contributed by atoms with Gasteiger partial charge in [0.15, 0.2) is 6.04 Å². The second-order valence-electron chi connectivity index (χ2n) is 4.12. The summed E-state index contributed by atoms with van der Waals surface area (Å²) in [6.45, 7) is 3.78. The Morgan fingerprint density at radius 1 is 1.56 bits per heavy atom. The Hall–Kier alpha value is -1.36. The topological polar surface area (TPSA) is 62.5 Å². The SMILES string of the molecule is CC1(C)SC(c2cccnc2)=N[C@H]1C(=O)O. The molecule has 16 heavy (non-hydrogen) atoms. The monoisotopic (exact) mass is 236 g/mol. The zero-order valence-corrected chi connectivity index (χ0v) is 9.86. The number of aliphatic imine (C=N–C) groups is 1. The lowest BCUT2D eigenvalue weighted by Gasteiger charge is -2.20. The summed E-state index contributed by atoms with van der Waals surface area (Å²) in [5, 5.41) is 9.83. The molecular weight excluding hydrogens is 224 g/mol. The molecule has 1 N–H and O–H groups in total. The number of carbonyl (C=O) groups is 1. The Labute approximate surface area is 97.8 Å². The molecule has 4 nitrogen and oxygen atoms in total. The quantitative estimate of drug-likeness (QED) is 0.850. The van der Waals surface area contributed by atoms with Crippen LogP contribution in [0.4, 0.5) is 0 Å². The van der Waals surface area contributed by atoms with Crippen LogP contribution in [0.2, 0.25) is 0 Å². The number of pyridine rings is 1. The summed E-state index contributed by atoms with van der Waals surface area (Å²) in [6.07, 6.45) is 3.38. The fraction of sp³-hybridized carbons (Fsp3) is 0.364. The third-order valence-electron chi connectivity index (χ3n) is 2.41. The number of hydrogen-bond donors (Lipinski definition) is 1. The van der Waals surface area contributed by atoms with Gasteiger partial charge in [-0.1, -0.05) is 11.8 Å². The molecule has 2 rings (SSSR count). The van der Waals surface area contributed by atoms with Gasteiger partial charge in [0.25, 0.3) is 0 Å². The van der Waals surface area contributed by atoms with Crippen LogP contribution in [0.3, 0.4) is 0 Å². The molecular formula is C11H12N2O2S. The number of aromatic nitrogens is 1. The molecule has 0 saturated carbocycles. The average molecular weight is 236 g/mol. The number of nitrogens with zero attached hydrogens (tertiary/aromatic N) is 2. The summed E-state index contributed by atoms with van der Waals surface area (Å²) < 4.78 is -0.406. The summed E-state index contributed by atoms with van der Waals surface area (Å²) in [6, 6.07) is 3.02. The standard InChI is InChI=1S/C11H12N2O2S/c1-11(2)8(10(14)15)13-9(16-11)7-4-3-5-12-6-7/h3-6,8H,1-2H3,(H,14,15)/t8-/m0/s1. The maximum atomic E-state index is 11.1. The first-order valence-corrected chi connectivity index (χ1v) is 5.72. The maximum Gasteiger partial charge on any atom is 0.329 e. The Balaban J connectivity index is 2.33. The molecule has 0 spiro atoms. The van der Waals surface area contributed by atoms with Gasteiger partial charge in [0.1, 0.15) is 5.04 Å². The van der Waals surface area contributed by atoms with E-state index in [1.807, 2.05) is 26.0 Å². The highest BCUT2D eigenvalue weighted by Gasteiger charge is 2.42. The van der Waals surface area contributed by atoms with Crippen LogP contribution in [-0.4, -0.2) is 31.9 Å². The van der Waals surface area contributed by atoms with Crippen molar-refractivity contribution in [1.29, 1.82) is 0 Å². The first-order valence-electron chi connectivity index (χ1n) is 4.91. The van der Waals surface area contributed by atoms with Crippen LogP contribution >= 0.6 is 11.8 Å². The lowest BCUT2D eigenvalue weighted by Crippen LogP contribution is -2.34. The van der Waals surface area contributed by atoms with E-state index < -0.39 is 16.8 Å². The summed E-state index contributed by atoms with van der Waals surface area (Å²) in [7, 11) is 0. The molecule has 1 atom stereocenters. The van der Waals surface area contributed by atoms with Crippen molar-refractivity contribution in [3.63, 3.8) is 0 Å². The minimum atomic E-state index is -0.878. The molecule has 0 radical (unpaired) electrons. The highest BCUT2D eigenvalue weighted by Crippen LogP contribution is 2.39. The number of carboxylic acid groups (broad SMARTS) is 1. The van der Waals surface area contributed by atoms with E-state index >= 15 is 0 Å². The van der Waals surface area contributed by atoms with Gasteiger partial charge in [0, 0.05) is 22.7 Å². The van der Waals surface area contributed by atoms with Gasteiger partial charge >= 0.3 is 5.97 Å². The van der Waals surface area contributed by atoms with E-state index in [1.54, 1.807) is 12.4 Å². The molecule has 0 saturated heterocycles. The van der Waals surface area contributed by atoms with E-state index in [4.69, 9.17) is 5.11 Å². The molecule has 0 aliphatic carbocycles. The minimum Gasteiger partial charge on any atom is -0.480 e. The van der Waals surface area contributed by atoms with E-state index in [9.17, 15) is 4.79 Å². The van der Waals surface area contributed by atoms with Crippen molar-refractivity contribution in [1.82, 2.24) is 4.98 Å². The molecule has 1 aliphatic heterocycles. The summed E-state index contributed by atoms with van der Waals surface area (Å²) >= 11 is 1.49. The summed E-state index contributed by atoms with van der Waals surface area (Å²) in [4.78, 5) is 19.3. The van der Waals surface area contributed by atoms with Crippen molar-refractivity contribution < 1.29 is 9.90 Å². The molecule has 0 fully saturated rings. The van der Waals surface area contributed by atoms with Gasteiger partial charge in [-0.15, -0.1) is 0 Å². The van der Waals surface area contributed by atoms with Crippen molar-refractivity contribution in [3.8, 4) is 0 Å². The molecule has 84 valence electrons. The van der Waals surface area contributed by atoms with E-state index in [0.717, 1.165) is 10.6 Å². The normalized spacial score (nSPS) is 22.9. The third-order valence-corrected chi connectivity index (χ3v) is 3.69. The van der Waals surface area contributed by atoms with Crippen molar-refractivity contribution in [2.45, 2.75) is 24.6 Å². The van der Waals surface area contributed by atoms with Gasteiger partial charge in [-0.2, -0.15) is 0 Å². The highest BCUT2D eigenvalue weighted by molar-refractivity contribution is 8.15. The Morgan fingerprint density at radius 2 is 2.31 bits per heavy atom. The fourth-order valence-corrected chi connectivity index (χ4v) is 2.74. The van der Waals surface area contributed by atoms with Gasteiger partial charge in [0.2, 0.25) is 0 Å². The van der Waals surface area contributed by atoms with Crippen molar-refractivity contribution >= 4 is 22.8 Å². The first-order chi connectivity index (χ1) is 7.50. The number of thioether (sulfide) groups is 1. The van der Waals surface area contributed by atoms with Gasteiger partial charge in [0.05, 0.1) is 0 Å². The molecule has 0 amide bonds. The van der Waals surface area contributed by atoms with E-state index in [1.165, 1.54) is 11.8 Å². The number of hydrogen-bond acceptors (Lipinski definition) is 4. The predicted molar refractivity (Wildman–Crippen MR) is 63.9 cm³/mol. The van der Waals surface area contributed by atoms with Gasteiger partial charge in [-0.05, 0) is 26.0 Å². The van der Waals surface area contributed by atoms with Crippen LogP contribution in [-0.2, 0) is 4.79 Å². The third kappa shape index (κ3) is 1.95. The second-order valence-corrected chi connectivity index (χ2v) is 5.77. The zero-order chi connectivity index (χ0) is 11.8. The lowest BCUT2D eigenvalue weighted by molar-refractivity contribution is -0.138. The van der Waals surface area contributed by atoms with Gasteiger partial charge in [-0.3, -0.25) is 9.98 Å². The predicted octanol–water partition coefficient (Wildman–Crippen LogP) is 1.81. The highest BCUT2D eigenvalue weighted by atomic mass is 32.2. The van der Waals surface area contributed by atoms with Crippen LogP contribution in [0.15, 0.2) is 29.5 Å². The Kier molecular flexibility index (Phi) is 2.71. The molecule has 1 aromatic rings. The van der Waals surface area contributed by atoms with Crippen molar-refractivity contribution in [2.75, 3.05) is 0 Å². The number of carboxylic acids is 1. The molecule has 0 bridgehead atoms.